The molecule has 0 spiro atoms. The molecule has 1 unspecified atom stereocenters. The standard InChI is InChI=1S/C14H19FN2O2/c15-11-4-1-5-12(18)13(11)14(19)17-8-6-10-3-2-7-16-9-10/h1,4-5,10,16,18H,2-3,6-9H2,(H,17,19). The fraction of sp³-hybridized carbons (Fsp3) is 0.500. The average Bonchev–Trinajstić information content (AvgIpc) is 2.40. The molecule has 1 fully saturated rings. The maximum Gasteiger partial charge on any atom is 0.258 e. The number of benzene rings is 1. The van der Waals surface area contributed by atoms with Gasteiger partial charge in [-0.3, -0.25) is 4.79 Å². The molecule has 3 N–H and O–H groups in total. The van der Waals surface area contributed by atoms with E-state index in [1.54, 1.807) is 0 Å². The zero-order chi connectivity index (χ0) is 13.7. The number of halogens is 1. The van der Waals surface area contributed by atoms with Crippen LogP contribution in [-0.2, 0) is 0 Å². The highest BCUT2D eigenvalue weighted by molar-refractivity contribution is 5.97. The van der Waals surface area contributed by atoms with Crippen molar-refractivity contribution in [3.05, 3.63) is 29.6 Å². The van der Waals surface area contributed by atoms with Gasteiger partial charge in [0.1, 0.15) is 17.1 Å². The van der Waals surface area contributed by atoms with Gasteiger partial charge < -0.3 is 15.7 Å². The molecule has 0 radical (unpaired) electrons. The molecular formula is C14H19FN2O2. The molecule has 104 valence electrons. The van der Waals surface area contributed by atoms with E-state index in [0.717, 1.165) is 32.4 Å². The predicted molar refractivity (Wildman–Crippen MR) is 70.6 cm³/mol. The van der Waals surface area contributed by atoms with Gasteiger partial charge in [0.05, 0.1) is 0 Å². The summed E-state index contributed by atoms with van der Waals surface area (Å²) in [6.45, 7) is 2.53. The minimum atomic E-state index is -0.697. The molecule has 5 heteroatoms. The second kappa shape index (κ2) is 6.52. The summed E-state index contributed by atoms with van der Waals surface area (Å²) < 4.78 is 13.5. The van der Waals surface area contributed by atoms with Crippen LogP contribution in [-0.4, -0.2) is 30.6 Å². The highest BCUT2D eigenvalue weighted by Gasteiger charge is 2.17. The Balaban J connectivity index is 1.84. The molecule has 0 bridgehead atoms. The fourth-order valence-electron chi connectivity index (χ4n) is 2.39. The smallest absolute Gasteiger partial charge is 0.258 e. The number of hydrogen-bond acceptors (Lipinski definition) is 3. The predicted octanol–water partition coefficient (Wildman–Crippen LogP) is 1.65. The number of hydrogen-bond donors (Lipinski definition) is 3. The lowest BCUT2D eigenvalue weighted by Gasteiger charge is -2.22. The van der Waals surface area contributed by atoms with Crippen LogP contribution >= 0.6 is 0 Å². The van der Waals surface area contributed by atoms with Crippen LogP contribution in [0.2, 0.25) is 0 Å². The van der Waals surface area contributed by atoms with Crippen LogP contribution in [0.5, 0.6) is 5.75 Å². The molecule has 1 amide bonds. The van der Waals surface area contributed by atoms with Crippen LogP contribution in [0.1, 0.15) is 29.6 Å². The Morgan fingerprint density at radius 2 is 2.37 bits per heavy atom. The summed E-state index contributed by atoms with van der Waals surface area (Å²) in [6.07, 6.45) is 3.19. The van der Waals surface area contributed by atoms with Crippen molar-refractivity contribution in [2.24, 2.45) is 5.92 Å². The molecule has 2 rings (SSSR count). The largest absolute Gasteiger partial charge is 0.507 e. The fourth-order valence-corrected chi connectivity index (χ4v) is 2.39. The molecule has 0 aliphatic carbocycles. The SMILES string of the molecule is O=C(NCCC1CCCNC1)c1c(O)cccc1F. The summed E-state index contributed by atoms with van der Waals surface area (Å²) >= 11 is 0. The quantitative estimate of drug-likeness (QED) is 0.776. The number of amides is 1. The van der Waals surface area contributed by atoms with Crippen molar-refractivity contribution in [3.8, 4) is 5.75 Å². The number of carbonyl (C=O) groups is 1. The third-order valence-corrected chi connectivity index (χ3v) is 3.46. The number of phenolic OH excluding ortho intramolecular Hbond substituents is 1. The van der Waals surface area contributed by atoms with Gasteiger partial charge in [0.2, 0.25) is 0 Å². The van der Waals surface area contributed by atoms with Crippen molar-refractivity contribution < 1.29 is 14.3 Å². The summed E-state index contributed by atoms with van der Waals surface area (Å²) in [5.41, 5.74) is -0.274. The molecule has 0 saturated carbocycles. The Kier molecular flexibility index (Phi) is 4.74. The van der Waals surface area contributed by atoms with Crippen LogP contribution in [0.3, 0.4) is 0 Å². The zero-order valence-electron chi connectivity index (χ0n) is 10.8. The highest BCUT2D eigenvalue weighted by atomic mass is 19.1. The zero-order valence-corrected chi connectivity index (χ0v) is 10.8. The highest BCUT2D eigenvalue weighted by Crippen LogP contribution is 2.19. The van der Waals surface area contributed by atoms with E-state index in [9.17, 15) is 14.3 Å². The molecule has 1 saturated heterocycles. The molecule has 1 aliphatic rings. The molecule has 0 aromatic heterocycles. The first-order valence-electron chi connectivity index (χ1n) is 6.65. The van der Waals surface area contributed by atoms with Gasteiger partial charge in [0.25, 0.3) is 5.91 Å². The number of aromatic hydroxyl groups is 1. The maximum atomic E-state index is 13.5. The van der Waals surface area contributed by atoms with E-state index in [1.807, 2.05) is 0 Å². The summed E-state index contributed by atoms with van der Waals surface area (Å²) in [6, 6.07) is 3.85. The third kappa shape index (κ3) is 3.67. The van der Waals surface area contributed by atoms with Crippen LogP contribution in [0, 0.1) is 11.7 Å². The van der Waals surface area contributed by atoms with Gasteiger partial charge in [0, 0.05) is 6.54 Å². The van der Waals surface area contributed by atoms with Crippen molar-refractivity contribution in [3.63, 3.8) is 0 Å². The normalized spacial score (nSPS) is 19.1. The van der Waals surface area contributed by atoms with Crippen LogP contribution in [0.25, 0.3) is 0 Å². The second-order valence-electron chi connectivity index (χ2n) is 4.89. The topological polar surface area (TPSA) is 61.4 Å². The molecule has 1 aromatic carbocycles. The van der Waals surface area contributed by atoms with Gasteiger partial charge in [-0.2, -0.15) is 0 Å². The lowest BCUT2D eigenvalue weighted by atomic mass is 9.96. The number of rotatable bonds is 4. The first-order valence-corrected chi connectivity index (χ1v) is 6.65. The van der Waals surface area contributed by atoms with E-state index in [2.05, 4.69) is 10.6 Å². The van der Waals surface area contributed by atoms with Crippen LogP contribution < -0.4 is 10.6 Å². The monoisotopic (exact) mass is 266 g/mol. The van der Waals surface area contributed by atoms with Crippen LogP contribution in [0.15, 0.2) is 18.2 Å². The second-order valence-corrected chi connectivity index (χ2v) is 4.89. The Labute approximate surface area is 112 Å². The first-order chi connectivity index (χ1) is 9.18. The Morgan fingerprint density at radius 3 is 3.05 bits per heavy atom. The lowest BCUT2D eigenvalue weighted by Crippen LogP contribution is -2.33. The number of nitrogens with one attached hydrogen (secondary N) is 2. The molecular weight excluding hydrogens is 247 g/mol. The summed E-state index contributed by atoms with van der Waals surface area (Å²) in [5.74, 6) is -1.02. The first kappa shape index (κ1) is 13.8. The minimum Gasteiger partial charge on any atom is -0.507 e. The molecule has 4 nitrogen and oxygen atoms in total. The van der Waals surface area contributed by atoms with Crippen molar-refractivity contribution in [1.82, 2.24) is 10.6 Å². The third-order valence-electron chi connectivity index (χ3n) is 3.46. The van der Waals surface area contributed by atoms with Crippen molar-refractivity contribution in [1.29, 1.82) is 0 Å². The van der Waals surface area contributed by atoms with Gasteiger partial charge >= 0.3 is 0 Å². The number of piperidine rings is 1. The Bertz CT molecular complexity index is 425. The van der Waals surface area contributed by atoms with Crippen molar-refractivity contribution in [2.45, 2.75) is 19.3 Å². The van der Waals surface area contributed by atoms with E-state index >= 15 is 0 Å². The average molecular weight is 266 g/mol. The van der Waals surface area contributed by atoms with Gasteiger partial charge in [0.15, 0.2) is 0 Å². The van der Waals surface area contributed by atoms with E-state index in [0.29, 0.717) is 12.5 Å². The number of carbonyl (C=O) groups excluding carboxylic acids is 1. The summed E-state index contributed by atoms with van der Waals surface area (Å²) in [7, 11) is 0. The maximum absolute atomic E-state index is 13.5. The molecule has 1 aliphatic heterocycles. The Hall–Kier alpha value is -1.62. The Morgan fingerprint density at radius 1 is 1.53 bits per heavy atom. The minimum absolute atomic E-state index is 0.274. The van der Waals surface area contributed by atoms with Crippen molar-refractivity contribution >= 4 is 5.91 Å². The summed E-state index contributed by atoms with van der Waals surface area (Å²) in [5, 5.41) is 15.5. The number of phenols is 1. The van der Waals surface area contributed by atoms with E-state index in [4.69, 9.17) is 0 Å². The van der Waals surface area contributed by atoms with E-state index in [-0.39, 0.29) is 11.3 Å². The van der Waals surface area contributed by atoms with Crippen LogP contribution in [0.4, 0.5) is 4.39 Å². The van der Waals surface area contributed by atoms with Gasteiger partial charge in [-0.15, -0.1) is 0 Å². The van der Waals surface area contributed by atoms with Crippen molar-refractivity contribution in [2.75, 3.05) is 19.6 Å². The van der Waals surface area contributed by atoms with E-state index < -0.39 is 11.7 Å². The summed E-state index contributed by atoms with van der Waals surface area (Å²) in [4.78, 5) is 11.8. The van der Waals surface area contributed by atoms with Gasteiger partial charge in [-0.25, -0.2) is 4.39 Å². The molecule has 19 heavy (non-hydrogen) atoms. The molecule has 1 heterocycles. The molecule has 1 aromatic rings. The van der Waals surface area contributed by atoms with E-state index in [1.165, 1.54) is 18.2 Å². The van der Waals surface area contributed by atoms with Gasteiger partial charge in [-0.05, 0) is 50.4 Å². The molecule has 1 atom stereocenters. The van der Waals surface area contributed by atoms with Gasteiger partial charge in [-0.1, -0.05) is 6.07 Å². The lowest BCUT2D eigenvalue weighted by molar-refractivity contribution is 0.0943.